The zero-order valence-electron chi connectivity index (χ0n) is 11.3. The van der Waals surface area contributed by atoms with Gasteiger partial charge in [-0.1, -0.05) is 13.8 Å². The predicted molar refractivity (Wildman–Crippen MR) is 68.7 cm³/mol. The molecule has 104 valence electrons. The van der Waals surface area contributed by atoms with Crippen molar-refractivity contribution in [1.29, 1.82) is 0 Å². The maximum Gasteiger partial charge on any atom is 0.338 e. The summed E-state index contributed by atoms with van der Waals surface area (Å²) in [6.45, 7) is 5.37. The van der Waals surface area contributed by atoms with Crippen LogP contribution in [0.5, 0.6) is 0 Å². The summed E-state index contributed by atoms with van der Waals surface area (Å²) in [6, 6.07) is 1.48. The van der Waals surface area contributed by atoms with E-state index in [0.717, 1.165) is 12.8 Å². The van der Waals surface area contributed by atoms with Gasteiger partial charge in [0.05, 0.1) is 12.1 Å². The van der Waals surface area contributed by atoms with E-state index in [9.17, 15) is 9.59 Å². The maximum absolute atomic E-state index is 12.0. The zero-order valence-corrected chi connectivity index (χ0v) is 11.3. The second-order valence-electron chi connectivity index (χ2n) is 5.84. The highest BCUT2D eigenvalue weighted by atomic mass is 16.4. The quantitative estimate of drug-likeness (QED) is 0.911. The van der Waals surface area contributed by atoms with Crippen LogP contribution < -0.4 is 0 Å². The van der Waals surface area contributed by atoms with Crippen LogP contribution in [0.3, 0.4) is 0 Å². The van der Waals surface area contributed by atoms with Gasteiger partial charge in [-0.25, -0.2) is 4.79 Å². The molecule has 1 aliphatic heterocycles. The van der Waals surface area contributed by atoms with E-state index < -0.39 is 5.97 Å². The molecule has 19 heavy (non-hydrogen) atoms. The van der Waals surface area contributed by atoms with Crippen LogP contribution in [0.2, 0.25) is 0 Å². The number of furan rings is 1. The number of carboxylic acid groups (broad SMARTS) is 1. The Balaban J connectivity index is 2.04. The minimum atomic E-state index is -1.02. The second-order valence-corrected chi connectivity index (χ2v) is 5.84. The Bertz CT molecular complexity index is 489. The number of carbonyl (C=O) groups is 2. The minimum Gasteiger partial charge on any atom is -0.478 e. The van der Waals surface area contributed by atoms with Gasteiger partial charge in [-0.15, -0.1) is 0 Å². The van der Waals surface area contributed by atoms with E-state index in [2.05, 4.69) is 13.8 Å². The van der Waals surface area contributed by atoms with Crippen molar-refractivity contribution >= 4 is 11.9 Å². The lowest BCUT2D eigenvalue weighted by Gasteiger charge is -2.22. The lowest BCUT2D eigenvalue weighted by Crippen LogP contribution is -2.29. The third kappa shape index (κ3) is 3.36. The molecule has 1 amide bonds. The molecule has 0 aromatic carbocycles. The van der Waals surface area contributed by atoms with E-state index in [1.165, 1.54) is 12.3 Å². The van der Waals surface area contributed by atoms with Crippen LogP contribution in [0, 0.1) is 5.41 Å². The van der Waals surface area contributed by atoms with Crippen molar-refractivity contribution in [2.45, 2.75) is 39.7 Å². The molecule has 1 aliphatic rings. The lowest BCUT2D eigenvalue weighted by atomic mass is 9.85. The molecular weight excluding hydrogens is 246 g/mol. The average molecular weight is 265 g/mol. The fourth-order valence-corrected chi connectivity index (χ4v) is 2.22. The number of carbonyl (C=O) groups excluding carboxylic acids is 1. The average Bonchev–Trinajstić information content (AvgIpc) is 2.75. The monoisotopic (exact) mass is 265 g/mol. The first kappa shape index (κ1) is 13.6. The van der Waals surface area contributed by atoms with Gasteiger partial charge in [0, 0.05) is 13.0 Å². The van der Waals surface area contributed by atoms with Crippen molar-refractivity contribution in [1.82, 2.24) is 4.90 Å². The van der Waals surface area contributed by atoms with Crippen molar-refractivity contribution in [3.05, 3.63) is 23.7 Å². The molecule has 0 spiro atoms. The van der Waals surface area contributed by atoms with Crippen molar-refractivity contribution in [2.75, 3.05) is 6.54 Å². The van der Waals surface area contributed by atoms with Crippen LogP contribution in [0.4, 0.5) is 0 Å². The third-order valence-corrected chi connectivity index (χ3v) is 3.67. The summed E-state index contributed by atoms with van der Waals surface area (Å²) in [4.78, 5) is 24.5. The minimum absolute atomic E-state index is 0.110. The summed E-state index contributed by atoms with van der Waals surface area (Å²) in [5, 5.41) is 8.83. The molecule has 5 nitrogen and oxygen atoms in total. The topological polar surface area (TPSA) is 70.8 Å². The number of hydrogen-bond acceptors (Lipinski definition) is 3. The van der Waals surface area contributed by atoms with E-state index in [4.69, 9.17) is 9.52 Å². The van der Waals surface area contributed by atoms with E-state index in [-0.39, 0.29) is 16.9 Å². The molecule has 5 heteroatoms. The first-order valence-corrected chi connectivity index (χ1v) is 6.46. The summed E-state index contributed by atoms with van der Waals surface area (Å²) < 4.78 is 5.20. The zero-order chi connectivity index (χ0) is 14.0. The molecule has 1 fully saturated rings. The Morgan fingerprint density at radius 3 is 2.84 bits per heavy atom. The standard InChI is InChI=1S/C14H19NO4/c1-14(2)4-3-12(16)15(6-5-14)8-11-7-10(9-19-11)13(17)18/h7,9H,3-6,8H2,1-2H3,(H,17,18). The summed E-state index contributed by atoms with van der Waals surface area (Å²) >= 11 is 0. The molecule has 1 aromatic heterocycles. The Kier molecular flexibility index (Phi) is 3.64. The molecule has 0 aliphatic carbocycles. The Hall–Kier alpha value is -1.78. The van der Waals surface area contributed by atoms with Crippen molar-refractivity contribution < 1.29 is 19.1 Å². The Morgan fingerprint density at radius 2 is 2.21 bits per heavy atom. The fourth-order valence-electron chi connectivity index (χ4n) is 2.22. The van der Waals surface area contributed by atoms with Gasteiger partial charge < -0.3 is 14.4 Å². The van der Waals surface area contributed by atoms with Crippen LogP contribution >= 0.6 is 0 Å². The molecule has 0 unspecified atom stereocenters. The normalized spacial score (nSPS) is 19.3. The smallest absolute Gasteiger partial charge is 0.338 e. The van der Waals surface area contributed by atoms with Gasteiger partial charge in [-0.05, 0) is 24.3 Å². The summed E-state index contributed by atoms with van der Waals surface area (Å²) in [7, 11) is 0. The van der Waals surface area contributed by atoms with Crippen molar-refractivity contribution in [2.24, 2.45) is 5.41 Å². The third-order valence-electron chi connectivity index (χ3n) is 3.67. The Morgan fingerprint density at radius 1 is 1.47 bits per heavy atom. The van der Waals surface area contributed by atoms with Crippen LogP contribution in [0.15, 0.2) is 16.7 Å². The largest absolute Gasteiger partial charge is 0.478 e. The van der Waals surface area contributed by atoms with E-state index in [1.807, 2.05) is 0 Å². The molecule has 0 saturated carbocycles. The summed E-state index contributed by atoms with van der Waals surface area (Å²) in [5.41, 5.74) is 0.303. The molecule has 0 radical (unpaired) electrons. The van der Waals surface area contributed by atoms with Crippen LogP contribution in [-0.2, 0) is 11.3 Å². The number of aromatic carboxylic acids is 1. The lowest BCUT2D eigenvalue weighted by molar-refractivity contribution is -0.131. The highest BCUT2D eigenvalue weighted by molar-refractivity contribution is 5.87. The fraction of sp³-hybridized carbons (Fsp3) is 0.571. The summed E-state index contributed by atoms with van der Waals surface area (Å²) in [5.74, 6) is -0.386. The van der Waals surface area contributed by atoms with Gasteiger partial charge in [-0.3, -0.25) is 4.79 Å². The SMILES string of the molecule is CC1(C)CCC(=O)N(Cc2cc(C(=O)O)co2)CC1. The molecule has 0 bridgehead atoms. The molecule has 1 aromatic rings. The number of rotatable bonds is 3. The van der Waals surface area contributed by atoms with E-state index in [1.54, 1.807) is 4.90 Å². The Labute approximate surface area is 112 Å². The van der Waals surface area contributed by atoms with Crippen LogP contribution in [-0.4, -0.2) is 28.4 Å². The van der Waals surface area contributed by atoms with Crippen LogP contribution in [0.25, 0.3) is 0 Å². The predicted octanol–water partition coefficient (Wildman–Crippen LogP) is 2.52. The molecule has 1 N–H and O–H groups in total. The number of carboxylic acids is 1. The van der Waals surface area contributed by atoms with Gasteiger partial charge in [0.15, 0.2) is 0 Å². The summed E-state index contributed by atoms with van der Waals surface area (Å²) in [6.07, 6.45) is 3.59. The van der Waals surface area contributed by atoms with Crippen molar-refractivity contribution in [3.8, 4) is 0 Å². The second kappa shape index (κ2) is 5.07. The molecular formula is C14H19NO4. The van der Waals surface area contributed by atoms with Crippen LogP contribution in [0.1, 0.15) is 49.2 Å². The first-order valence-electron chi connectivity index (χ1n) is 6.46. The van der Waals surface area contributed by atoms with Gasteiger partial charge in [0.25, 0.3) is 0 Å². The molecule has 2 heterocycles. The first-order chi connectivity index (χ1) is 8.87. The van der Waals surface area contributed by atoms with Crippen molar-refractivity contribution in [3.63, 3.8) is 0 Å². The van der Waals surface area contributed by atoms with Gasteiger partial charge in [0.1, 0.15) is 12.0 Å². The highest BCUT2D eigenvalue weighted by Gasteiger charge is 2.27. The molecule has 1 saturated heterocycles. The molecule has 0 atom stereocenters. The highest BCUT2D eigenvalue weighted by Crippen LogP contribution is 2.30. The van der Waals surface area contributed by atoms with E-state index >= 15 is 0 Å². The van der Waals surface area contributed by atoms with Gasteiger partial charge in [0.2, 0.25) is 5.91 Å². The van der Waals surface area contributed by atoms with E-state index in [0.29, 0.717) is 25.3 Å². The number of amides is 1. The maximum atomic E-state index is 12.0. The van der Waals surface area contributed by atoms with Gasteiger partial charge >= 0.3 is 5.97 Å². The number of hydrogen-bond donors (Lipinski definition) is 1. The molecule has 2 rings (SSSR count). The number of nitrogens with zero attached hydrogens (tertiary/aromatic N) is 1. The number of likely N-dealkylation sites (tertiary alicyclic amines) is 1. The van der Waals surface area contributed by atoms with Gasteiger partial charge in [-0.2, -0.15) is 0 Å².